The topological polar surface area (TPSA) is 55.8 Å². The quantitative estimate of drug-likeness (QED) is 0.926. The zero-order valence-electron chi connectivity index (χ0n) is 12.6. The number of hydrogen-bond acceptors (Lipinski definition) is 3. The Hall–Kier alpha value is -1.71. The van der Waals surface area contributed by atoms with Crippen LogP contribution in [-0.2, 0) is 10.2 Å². The second kappa shape index (κ2) is 5.24. The molecule has 21 heavy (non-hydrogen) atoms. The molecule has 1 aliphatic heterocycles. The van der Waals surface area contributed by atoms with Crippen LogP contribution in [-0.4, -0.2) is 24.3 Å². The van der Waals surface area contributed by atoms with Crippen LogP contribution in [0, 0.1) is 0 Å². The van der Waals surface area contributed by atoms with Gasteiger partial charge in [0.1, 0.15) is 0 Å². The highest BCUT2D eigenvalue weighted by molar-refractivity contribution is 5.84. The summed E-state index contributed by atoms with van der Waals surface area (Å²) in [6.07, 6.45) is 3.24. The van der Waals surface area contributed by atoms with E-state index in [-0.39, 0.29) is 5.92 Å². The lowest BCUT2D eigenvalue weighted by Gasteiger charge is -2.40. The van der Waals surface area contributed by atoms with Gasteiger partial charge in [-0.1, -0.05) is 26.3 Å². The molecule has 2 aliphatic rings. The molecular formula is C17H22O4. The van der Waals surface area contributed by atoms with E-state index in [1.54, 1.807) is 0 Å². The van der Waals surface area contributed by atoms with Crippen molar-refractivity contribution in [3.05, 3.63) is 23.3 Å². The van der Waals surface area contributed by atoms with E-state index < -0.39 is 11.4 Å². The van der Waals surface area contributed by atoms with Crippen LogP contribution in [0.3, 0.4) is 0 Å². The minimum absolute atomic E-state index is 0.202. The SMILES string of the molecule is CC(C)c1c(C2(C(=O)O)CCC2)ccc2c1OCCCO2. The van der Waals surface area contributed by atoms with Crippen LogP contribution < -0.4 is 9.47 Å². The number of ether oxygens (including phenoxy) is 2. The molecule has 1 fully saturated rings. The first-order chi connectivity index (χ1) is 10.1. The Bertz CT molecular complexity index is 558. The summed E-state index contributed by atoms with van der Waals surface area (Å²) in [7, 11) is 0. The van der Waals surface area contributed by atoms with E-state index in [4.69, 9.17) is 9.47 Å². The van der Waals surface area contributed by atoms with Gasteiger partial charge >= 0.3 is 5.97 Å². The standard InChI is InChI=1S/C17H22O4/c1-11(2)14-12(17(16(18)19)7-3-8-17)5-6-13-15(14)21-10-4-9-20-13/h5-6,11H,3-4,7-10H2,1-2H3,(H,18,19). The van der Waals surface area contributed by atoms with Gasteiger partial charge in [-0.25, -0.2) is 0 Å². The number of aliphatic carboxylic acids is 1. The molecule has 4 nitrogen and oxygen atoms in total. The number of carbonyl (C=O) groups is 1. The molecule has 0 amide bonds. The van der Waals surface area contributed by atoms with Crippen LogP contribution in [0.25, 0.3) is 0 Å². The maximum Gasteiger partial charge on any atom is 0.314 e. The van der Waals surface area contributed by atoms with E-state index >= 15 is 0 Å². The van der Waals surface area contributed by atoms with Crippen LogP contribution in [0.2, 0.25) is 0 Å². The van der Waals surface area contributed by atoms with Gasteiger partial charge in [-0.3, -0.25) is 4.79 Å². The number of rotatable bonds is 3. The second-order valence-electron chi connectivity index (χ2n) is 6.30. The molecule has 1 aromatic carbocycles. The summed E-state index contributed by atoms with van der Waals surface area (Å²) in [5, 5.41) is 9.73. The van der Waals surface area contributed by atoms with Gasteiger partial charge < -0.3 is 14.6 Å². The highest BCUT2D eigenvalue weighted by Gasteiger charge is 2.48. The Kier molecular flexibility index (Phi) is 3.56. The lowest BCUT2D eigenvalue weighted by atomic mass is 9.62. The largest absolute Gasteiger partial charge is 0.490 e. The summed E-state index contributed by atoms with van der Waals surface area (Å²) in [6.45, 7) is 5.44. The van der Waals surface area contributed by atoms with E-state index in [0.717, 1.165) is 35.5 Å². The molecule has 0 spiro atoms. The minimum atomic E-state index is -0.732. The van der Waals surface area contributed by atoms with Gasteiger partial charge in [0.05, 0.1) is 18.6 Å². The average Bonchev–Trinajstić information content (AvgIpc) is 2.61. The molecule has 1 saturated carbocycles. The lowest BCUT2D eigenvalue weighted by Crippen LogP contribution is -2.43. The molecule has 1 N–H and O–H groups in total. The van der Waals surface area contributed by atoms with Crippen molar-refractivity contribution in [1.29, 1.82) is 0 Å². The van der Waals surface area contributed by atoms with Gasteiger partial charge in [-0.15, -0.1) is 0 Å². The fourth-order valence-corrected chi connectivity index (χ4v) is 3.38. The van der Waals surface area contributed by atoms with Gasteiger partial charge in [0.25, 0.3) is 0 Å². The molecule has 0 bridgehead atoms. The van der Waals surface area contributed by atoms with Crippen LogP contribution >= 0.6 is 0 Å². The van der Waals surface area contributed by atoms with Gasteiger partial charge in [0, 0.05) is 12.0 Å². The first-order valence-corrected chi connectivity index (χ1v) is 7.72. The van der Waals surface area contributed by atoms with Crippen molar-refractivity contribution in [2.24, 2.45) is 0 Å². The normalized spacial score (nSPS) is 19.8. The summed E-state index contributed by atoms with van der Waals surface area (Å²) in [5.41, 5.74) is 1.20. The maximum atomic E-state index is 11.8. The van der Waals surface area contributed by atoms with Crippen molar-refractivity contribution in [2.45, 2.75) is 50.9 Å². The summed E-state index contributed by atoms with van der Waals surface area (Å²) < 4.78 is 11.7. The third kappa shape index (κ3) is 2.17. The Morgan fingerprint density at radius 3 is 2.48 bits per heavy atom. The van der Waals surface area contributed by atoms with Crippen LogP contribution in [0.15, 0.2) is 12.1 Å². The first-order valence-electron chi connectivity index (χ1n) is 7.72. The molecule has 0 saturated heterocycles. The zero-order chi connectivity index (χ0) is 15.0. The highest BCUT2D eigenvalue weighted by Crippen LogP contribution is 2.50. The van der Waals surface area contributed by atoms with Gasteiger partial charge in [0.15, 0.2) is 11.5 Å². The molecule has 0 unspecified atom stereocenters. The fourth-order valence-electron chi connectivity index (χ4n) is 3.38. The molecule has 4 heteroatoms. The van der Waals surface area contributed by atoms with Crippen LogP contribution in [0.5, 0.6) is 11.5 Å². The number of carboxylic acid groups (broad SMARTS) is 1. The average molecular weight is 290 g/mol. The summed E-state index contributed by atoms with van der Waals surface area (Å²) >= 11 is 0. The molecule has 1 heterocycles. The van der Waals surface area contributed by atoms with E-state index in [0.29, 0.717) is 26.1 Å². The maximum absolute atomic E-state index is 11.8. The van der Waals surface area contributed by atoms with Crippen molar-refractivity contribution in [3.8, 4) is 11.5 Å². The molecule has 114 valence electrons. The Labute approximate surface area is 125 Å². The molecule has 1 aromatic rings. The Morgan fingerprint density at radius 2 is 1.90 bits per heavy atom. The zero-order valence-corrected chi connectivity index (χ0v) is 12.6. The summed E-state index contributed by atoms with van der Waals surface area (Å²) in [5.74, 6) is 0.992. The van der Waals surface area contributed by atoms with Crippen LogP contribution in [0.4, 0.5) is 0 Å². The third-order valence-corrected chi connectivity index (χ3v) is 4.66. The molecule has 0 aromatic heterocycles. The van der Waals surface area contributed by atoms with Gasteiger partial charge in [-0.2, -0.15) is 0 Å². The monoisotopic (exact) mass is 290 g/mol. The Morgan fingerprint density at radius 1 is 1.19 bits per heavy atom. The Balaban J connectivity index is 2.17. The van der Waals surface area contributed by atoms with Crippen molar-refractivity contribution in [3.63, 3.8) is 0 Å². The van der Waals surface area contributed by atoms with Crippen molar-refractivity contribution in [1.82, 2.24) is 0 Å². The first kappa shape index (κ1) is 14.2. The van der Waals surface area contributed by atoms with E-state index in [1.807, 2.05) is 12.1 Å². The number of carboxylic acids is 1. The lowest BCUT2D eigenvalue weighted by molar-refractivity contribution is -0.147. The third-order valence-electron chi connectivity index (χ3n) is 4.66. The van der Waals surface area contributed by atoms with E-state index in [9.17, 15) is 9.90 Å². The van der Waals surface area contributed by atoms with Crippen LogP contribution in [0.1, 0.15) is 56.6 Å². The van der Waals surface area contributed by atoms with E-state index in [1.165, 1.54) is 0 Å². The molecule has 1 aliphatic carbocycles. The predicted octanol–water partition coefficient (Wildman–Crippen LogP) is 3.48. The second-order valence-corrected chi connectivity index (χ2v) is 6.30. The summed E-state index contributed by atoms with van der Waals surface area (Å²) in [4.78, 5) is 11.8. The minimum Gasteiger partial charge on any atom is -0.490 e. The molecule has 0 atom stereocenters. The number of hydrogen-bond donors (Lipinski definition) is 1. The number of benzene rings is 1. The highest BCUT2D eigenvalue weighted by atomic mass is 16.5. The molecule has 0 radical (unpaired) electrons. The fraction of sp³-hybridized carbons (Fsp3) is 0.588. The van der Waals surface area contributed by atoms with Crippen molar-refractivity contribution >= 4 is 5.97 Å². The van der Waals surface area contributed by atoms with Gasteiger partial charge in [-0.05, 0) is 30.4 Å². The summed E-state index contributed by atoms with van der Waals surface area (Å²) in [6, 6.07) is 3.82. The smallest absolute Gasteiger partial charge is 0.314 e. The van der Waals surface area contributed by atoms with E-state index in [2.05, 4.69) is 13.8 Å². The molecular weight excluding hydrogens is 268 g/mol. The molecule has 3 rings (SSSR count). The predicted molar refractivity (Wildman–Crippen MR) is 79.3 cm³/mol. The van der Waals surface area contributed by atoms with Crippen molar-refractivity contribution in [2.75, 3.05) is 13.2 Å². The van der Waals surface area contributed by atoms with Crippen molar-refractivity contribution < 1.29 is 19.4 Å². The van der Waals surface area contributed by atoms with Gasteiger partial charge in [0.2, 0.25) is 0 Å². The number of fused-ring (bicyclic) bond motifs is 1.